The van der Waals surface area contributed by atoms with Crippen molar-refractivity contribution in [2.45, 2.75) is 163 Å². The highest BCUT2D eigenvalue weighted by Crippen LogP contribution is 2.42. The molecule has 0 saturated carbocycles. The van der Waals surface area contributed by atoms with Gasteiger partial charge in [0.15, 0.2) is 0 Å². The van der Waals surface area contributed by atoms with Crippen LogP contribution in [0.4, 0.5) is 0 Å². The molecule has 0 unspecified atom stereocenters. The lowest BCUT2D eigenvalue weighted by molar-refractivity contribution is 0.302. The molecule has 0 aliphatic carbocycles. The van der Waals surface area contributed by atoms with Crippen LogP contribution in [0.1, 0.15) is 164 Å². The number of unbranched alkanes of at least 4 members (excludes halogenated alkanes) is 5. The summed E-state index contributed by atoms with van der Waals surface area (Å²) < 4.78 is 5.73. The molecule has 9 aromatic rings. The van der Waals surface area contributed by atoms with Gasteiger partial charge >= 0.3 is 0 Å². The van der Waals surface area contributed by atoms with E-state index >= 15 is 0 Å². The topological polar surface area (TPSA) is 162 Å². The van der Waals surface area contributed by atoms with Gasteiger partial charge in [0.1, 0.15) is 73.2 Å². The maximum atomic E-state index is 11.1. The van der Waals surface area contributed by atoms with Gasteiger partial charge in [-0.1, -0.05) is 170 Å². The third-order valence-corrected chi connectivity index (χ3v) is 14.6. The molecule has 13 nitrogen and oxygen atoms in total. The van der Waals surface area contributed by atoms with Crippen LogP contribution in [0.15, 0.2) is 109 Å². The monoisotopic (exact) mass is 1050 g/mol. The summed E-state index contributed by atoms with van der Waals surface area (Å²) in [4.78, 5) is 4.53. The van der Waals surface area contributed by atoms with Crippen LogP contribution < -0.4 is 4.74 Å². The Balaban J connectivity index is 0.000000166. The normalized spacial score (nSPS) is 12.2. The third kappa shape index (κ3) is 13.3. The number of benzene rings is 6. The van der Waals surface area contributed by atoms with Crippen molar-refractivity contribution in [3.8, 4) is 40.1 Å². The minimum absolute atomic E-state index is 0.00754. The van der Waals surface area contributed by atoms with Crippen LogP contribution in [-0.4, -0.2) is 66.9 Å². The second-order valence-corrected chi connectivity index (χ2v) is 23.5. The van der Waals surface area contributed by atoms with E-state index in [2.05, 4.69) is 133 Å². The number of halogens is 1. The van der Waals surface area contributed by atoms with Gasteiger partial charge in [-0.05, 0) is 119 Å². The number of ether oxygens (including phenoxy) is 1. The summed E-state index contributed by atoms with van der Waals surface area (Å²) in [7, 11) is 0. The van der Waals surface area contributed by atoms with Crippen molar-refractivity contribution in [1.82, 2.24) is 45.0 Å². The van der Waals surface area contributed by atoms with Gasteiger partial charge in [0.05, 0.1) is 6.61 Å². The third-order valence-electron chi connectivity index (χ3n) is 14.4. The lowest BCUT2D eigenvalue weighted by Gasteiger charge is -2.30. The number of hydrogen-bond acceptors (Lipinski definition) is 10. The summed E-state index contributed by atoms with van der Waals surface area (Å²) in [5.41, 5.74) is 10.2. The number of aromatic hydroxyl groups is 3. The molecule has 0 fully saturated rings. The molecular weight excluding hydrogens is 970 g/mol. The Bertz CT molecular complexity index is 3350. The number of nitrogens with zero attached hydrogens (tertiary/aromatic N) is 9. The van der Waals surface area contributed by atoms with Crippen LogP contribution in [0.2, 0.25) is 5.02 Å². The fourth-order valence-electron chi connectivity index (χ4n) is 8.61. The Morgan fingerprint density at radius 3 is 1.41 bits per heavy atom. The largest absolute Gasteiger partial charge is 0.505 e. The molecule has 76 heavy (non-hydrogen) atoms. The number of rotatable bonds is 15. The highest BCUT2D eigenvalue weighted by atomic mass is 35.5. The maximum absolute atomic E-state index is 11.1. The molecule has 3 N–H and O–H groups in total. The molecule has 0 spiro atoms. The molecule has 0 saturated heterocycles. The van der Waals surface area contributed by atoms with Gasteiger partial charge in [-0.3, -0.25) is 0 Å². The Kier molecular flexibility index (Phi) is 17.5. The van der Waals surface area contributed by atoms with Crippen LogP contribution in [-0.2, 0) is 21.7 Å². The first-order valence-corrected chi connectivity index (χ1v) is 27.2. The molecule has 0 amide bonds. The van der Waals surface area contributed by atoms with Gasteiger partial charge in [-0.25, -0.2) is 0 Å². The summed E-state index contributed by atoms with van der Waals surface area (Å²) in [6, 6.07) is 34.3. The van der Waals surface area contributed by atoms with E-state index in [9.17, 15) is 15.3 Å². The van der Waals surface area contributed by atoms with E-state index in [1.165, 1.54) is 47.3 Å². The van der Waals surface area contributed by atoms with Gasteiger partial charge in [0.25, 0.3) is 0 Å². The van der Waals surface area contributed by atoms with Gasteiger partial charge in [-0.2, -0.15) is 0 Å². The van der Waals surface area contributed by atoms with Gasteiger partial charge in [0.2, 0.25) is 0 Å². The quantitative estimate of drug-likeness (QED) is 0.0843. The van der Waals surface area contributed by atoms with E-state index in [1.807, 2.05) is 72.8 Å². The van der Waals surface area contributed by atoms with Gasteiger partial charge < -0.3 is 20.1 Å². The summed E-state index contributed by atoms with van der Waals surface area (Å²) in [5, 5.41) is 59.9. The standard InChI is InChI=1S/C22H29N3O.C20H24ClN3O.C20H25N3O2/c1-7-21(3,4)15-13-16(22(5,6)8-2)20(26)19(14-15)25-23-17-11-9-10-12-18(17)24-25;1-19(2,3)12-9-14(20(4,5)6)18(25)17(10-12)24-22-15-8-7-13(21)11-16(15)23-24;1-2-3-4-5-6-9-14-25-16-12-13-19(20(24)15-16)23-21-17-10-7-8-11-18(17)22-23/h9-14,26H,7-8H2,1-6H3;7-11,25H,1-6H3;7-8,10-13,15,24H,2-6,9,14H2,1H3. The molecule has 14 heteroatoms. The highest BCUT2D eigenvalue weighted by molar-refractivity contribution is 6.31. The van der Waals surface area contributed by atoms with E-state index in [1.54, 1.807) is 29.1 Å². The first-order valence-electron chi connectivity index (χ1n) is 26.8. The zero-order chi connectivity index (χ0) is 55.2. The molecule has 3 aromatic heterocycles. The second-order valence-electron chi connectivity index (χ2n) is 23.1. The number of phenols is 3. The van der Waals surface area contributed by atoms with E-state index in [0.29, 0.717) is 40.0 Å². The van der Waals surface area contributed by atoms with E-state index in [-0.39, 0.29) is 38.9 Å². The van der Waals surface area contributed by atoms with Crippen molar-refractivity contribution in [2.75, 3.05) is 6.61 Å². The number of fused-ring (bicyclic) bond motifs is 3. The van der Waals surface area contributed by atoms with Gasteiger partial charge in [-0.15, -0.1) is 45.0 Å². The van der Waals surface area contributed by atoms with Crippen LogP contribution in [0.25, 0.3) is 50.2 Å². The summed E-state index contributed by atoms with van der Waals surface area (Å²) in [6.45, 7) is 28.8. The number of hydrogen-bond donors (Lipinski definition) is 3. The molecule has 0 aliphatic heterocycles. The first-order chi connectivity index (χ1) is 35.9. The molecule has 0 aliphatic rings. The zero-order valence-corrected chi connectivity index (χ0v) is 47.7. The summed E-state index contributed by atoms with van der Waals surface area (Å²) >= 11 is 6.05. The summed E-state index contributed by atoms with van der Waals surface area (Å²) in [5.74, 6) is 1.27. The highest BCUT2D eigenvalue weighted by Gasteiger charge is 2.30. The minimum Gasteiger partial charge on any atom is -0.505 e. The average molecular weight is 1050 g/mol. The lowest BCUT2D eigenvalue weighted by atomic mass is 9.76. The minimum atomic E-state index is -0.198. The predicted octanol–water partition coefficient (Wildman–Crippen LogP) is 15.7. The summed E-state index contributed by atoms with van der Waals surface area (Å²) in [6.07, 6.45) is 9.32. The van der Waals surface area contributed by atoms with E-state index in [0.717, 1.165) is 63.5 Å². The van der Waals surface area contributed by atoms with Crippen LogP contribution in [0.3, 0.4) is 0 Å². The second kappa shape index (κ2) is 23.5. The van der Waals surface area contributed by atoms with Crippen molar-refractivity contribution in [3.05, 3.63) is 136 Å². The number of phenolic OH excluding ortho intramolecular Hbond substituents is 3. The van der Waals surface area contributed by atoms with Crippen LogP contribution in [0, 0.1) is 0 Å². The van der Waals surface area contributed by atoms with Crippen LogP contribution in [0.5, 0.6) is 23.0 Å². The van der Waals surface area contributed by atoms with E-state index < -0.39 is 0 Å². The molecule has 0 radical (unpaired) electrons. The predicted molar refractivity (Wildman–Crippen MR) is 310 cm³/mol. The smallest absolute Gasteiger partial charge is 0.146 e. The molecule has 0 atom stereocenters. The number of aromatic nitrogens is 9. The van der Waals surface area contributed by atoms with Gasteiger partial charge in [0, 0.05) is 22.2 Å². The molecule has 3 heterocycles. The van der Waals surface area contributed by atoms with Crippen molar-refractivity contribution >= 4 is 44.7 Å². The van der Waals surface area contributed by atoms with Crippen molar-refractivity contribution in [2.24, 2.45) is 0 Å². The molecule has 0 bridgehead atoms. The Morgan fingerprint density at radius 2 is 0.908 bits per heavy atom. The molecule has 402 valence electrons. The maximum Gasteiger partial charge on any atom is 0.146 e. The van der Waals surface area contributed by atoms with Crippen molar-refractivity contribution < 1.29 is 20.1 Å². The Morgan fingerprint density at radius 1 is 0.447 bits per heavy atom. The molecule has 9 rings (SSSR count). The average Bonchev–Trinajstić information content (AvgIpc) is 4.13. The van der Waals surface area contributed by atoms with Crippen molar-refractivity contribution in [1.29, 1.82) is 0 Å². The lowest BCUT2D eigenvalue weighted by Crippen LogP contribution is -2.21. The fourth-order valence-corrected chi connectivity index (χ4v) is 8.78. The SMILES string of the molecule is CC(C)(C)c1cc(-n2nc3ccc(Cl)cc3n2)c(O)c(C(C)(C)C)c1.CCC(C)(C)c1cc(-n2nc3ccccc3n2)c(O)c(C(C)(C)CC)c1.CCCCCCCCOc1ccc(-n2nc3ccccc3n2)c(O)c1. The first kappa shape index (κ1) is 56.7. The van der Waals surface area contributed by atoms with Crippen LogP contribution >= 0.6 is 11.6 Å². The van der Waals surface area contributed by atoms with Crippen molar-refractivity contribution in [3.63, 3.8) is 0 Å². The fraction of sp³-hybridized carbons (Fsp3) is 0.419. The van der Waals surface area contributed by atoms with E-state index in [4.69, 9.17) is 16.3 Å². The molecular formula is C62H78ClN9O4. The zero-order valence-electron chi connectivity index (χ0n) is 46.9. The Hall–Kier alpha value is -6.99. The Labute approximate surface area is 453 Å². The molecule has 6 aromatic carbocycles.